The zero-order valence-corrected chi connectivity index (χ0v) is 13.3. The van der Waals surface area contributed by atoms with Crippen molar-refractivity contribution < 1.29 is 0 Å². The number of hydrogen-bond donors (Lipinski definition) is 1. The van der Waals surface area contributed by atoms with Crippen LogP contribution in [0.4, 0.5) is 0 Å². The molecule has 1 unspecified atom stereocenters. The van der Waals surface area contributed by atoms with Gasteiger partial charge in [0.1, 0.15) is 0 Å². The zero-order chi connectivity index (χ0) is 13.0. The van der Waals surface area contributed by atoms with Crippen LogP contribution in [0.5, 0.6) is 0 Å². The largest absolute Gasteiger partial charge is 0.310 e. The molecule has 2 rings (SSSR count). The van der Waals surface area contributed by atoms with Gasteiger partial charge in [-0.2, -0.15) is 11.8 Å². The van der Waals surface area contributed by atoms with E-state index in [-0.39, 0.29) is 0 Å². The maximum absolute atomic E-state index is 3.96. The predicted molar refractivity (Wildman–Crippen MR) is 83.3 cm³/mol. The highest BCUT2D eigenvalue weighted by Gasteiger charge is 2.30. The molecule has 0 spiro atoms. The maximum Gasteiger partial charge on any atom is 0.0166 e. The minimum atomic E-state index is 0.542. The van der Waals surface area contributed by atoms with E-state index in [1.54, 1.807) is 0 Å². The van der Waals surface area contributed by atoms with Crippen LogP contribution in [0.15, 0.2) is 0 Å². The van der Waals surface area contributed by atoms with E-state index < -0.39 is 0 Å². The molecule has 2 aliphatic rings. The smallest absolute Gasteiger partial charge is 0.0166 e. The molecule has 2 heteroatoms. The molecule has 1 saturated carbocycles. The highest BCUT2D eigenvalue weighted by Crippen LogP contribution is 2.35. The van der Waals surface area contributed by atoms with Crippen LogP contribution in [-0.2, 0) is 0 Å². The maximum atomic E-state index is 3.96. The summed E-state index contributed by atoms with van der Waals surface area (Å²) >= 11 is 2.14. The third kappa shape index (κ3) is 4.45. The minimum absolute atomic E-state index is 0.542. The summed E-state index contributed by atoms with van der Waals surface area (Å²) in [7, 11) is 0. The Kier molecular flexibility index (Phi) is 5.44. The summed E-state index contributed by atoms with van der Waals surface area (Å²) in [5.41, 5.74) is 0.542. The number of hydrogen-bond acceptors (Lipinski definition) is 2. The van der Waals surface area contributed by atoms with E-state index in [1.807, 2.05) is 0 Å². The highest BCUT2D eigenvalue weighted by molar-refractivity contribution is 7.99. The molecule has 1 nitrogen and oxygen atoms in total. The number of thioether (sulfide) groups is 1. The van der Waals surface area contributed by atoms with Crippen molar-refractivity contribution in [1.82, 2.24) is 5.32 Å². The lowest BCUT2D eigenvalue weighted by Crippen LogP contribution is -2.46. The number of rotatable bonds is 4. The molecule has 1 N–H and O–H groups in total. The molecule has 0 aromatic heterocycles. The molecule has 1 saturated heterocycles. The Balaban J connectivity index is 1.71. The van der Waals surface area contributed by atoms with Crippen LogP contribution in [0.2, 0.25) is 0 Å². The van der Waals surface area contributed by atoms with Gasteiger partial charge < -0.3 is 5.32 Å². The van der Waals surface area contributed by atoms with E-state index in [9.17, 15) is 0 Å². The fourth-order valence-corrected chi connectivity index (χ4v) is 5.02. The normalized spacial score (nSPS) is 36.5. The lowest BCUT2D eigenvalue weighted by atomic mass is 9.82. The third-order valence-corrected chi connectivity index (χ3v) is 6.25. The molecule has 1 heterocycles. The molecule has 1 atom stereocenters. The molecule has 0 radical (unpaired) electrons. The van der Waals surface area contributed by atoms with Crippen LogP contribution >= 0.6 is 11.8 Å². The van der Waals surface area contributed by atoms with Crippen LogP contribution in [0.3, 0.4) is 0 Å². The molecular weight excluding hydrogens is 238 g/mol. The van der Waals surface area contributed by atoms with E-state index in [2.05, 4.69) is 37.8 Å². The van der Waals surface area contributed by atoms with Gasteiger partial charge in [-0.1, -0.05) is 33.6 Å². The quantitative estimate of drug-likeness (QED) is 0.808. The van der Waals surface area contributed by atoms with Gasteiger partial charge in [0.25, 0.3) is 0 Å². The van der Waals surface area contributed by atoms with Crippen molar-refractivity contribution in [3.63, 3.8) is 0 Å². The van der Waals surface area contributed by atoms with Crippen molar-refractivity contribution in [1.29, 1.82) is 0 Å². The van der Waals surface area contributed by atoms with Gasteiger partial charge in [0.05, 0.1) is 0 Å². The van der Waals surface area contributed by atoms with Crippen LogP contribution in [0, 0.1) is 11.3 Å². The van der Waals surface area contributed by atoms with Crippen LogP contribution in [0.1, 0.15) is 65.7 Å². The highest BCUT2D eigenvalue weighted by atomic mass is 32.2. The van der Waals surface area contributed by atoms with Crippen molar-refractivity contribution in [3.8, 4) is 0 Å². The van der Waals surface area contributed by atoms with Crippen molar-refractivity contribution in [2.75, 3.05) is 11.5 Å². The molecule has 0 bridgehead atoms. The SMILES string of the molecule is CCCC1CCC(NC2CSCC(C)(C)C2)CC1. The van der Waals surface area contributed by atoms with E-state index >= 15 is 0 Å². The molecule has 0 aromatic rings. The molecule has 0 amide bonds. The van der Waals surface area contributed by atoms with Crippen molar-refractivity contribution in [2.24, 2.45) is 11.3 Å². The average molecular weight is 269 g/mol. The summed E-state index contributed by atoms with van der Waals surface area (Å²) in [6, 6.07) is 1.59. The minimum Gasteiger partial charge on any atom is -0.310 e. The Bertz CT molecular complexity index is 243. The van der Waals surface area contributed by atoms with Gasteiger partial charge in [0.15, 0.2) is 0 Å². The summed E-state index contributed by atoms with van der Waals surface area (Å²) in [6.45, 7) is 7.17. The second-order valence-corrected chi connectivity index (χ2v) is 8.28. The average Bonchev–Trinajstić information content (AvgIpc) is 2.31. The molecule has 18 heavy (non-hydrogen) atoms. The van der Waals surface area contributed by atoms with Crippen LogP contribution in [0.25, 0.3) is 0 Å². The zero-order valence-electron chi connectivity index (χ0n) is 12.5. The second kappa shape index (κ2) is 6.65. The Morgan fingerprint density at radius 3 is 2.44 bits per heavy atom. The van der Waals surface area contributed by atoms with E-state index in [0.717, 1.165) is 18.0 Å². The van der Waals surface area contributed by atoms with Gasteiger partial charge in [-0.05, 0) is 49.2 Å². The summed E-state index contributed by atoms with van der Waals surface area (Å²) in [5, 5.41) is 3.96. The number of nitrogens with one attached hydrogen (secondary N) is 1. The first-order valence-electron chi connectivity index (χ1n) is 7.93. The first-order chi connectivity index (χ1) is 8.59. The van der Waals surface area contributed by atoms with Crippen molar-refractivity contribution in [2.45, 2.75) is 77.8 Å². The summed E-state index contributed by atoms with van der Waals surface area (Å²) in [6.07, 6.45) is 9.98. The van der Waals surface area contributed by atoms with Gasteiger partial charge in [0.2, 0.25) is 0 Å². The van der Waals surface area contributed by atoms with Crippen molar-refractivity contribution in [3.05, 3.63) is 0 Å². The molecule has 1 aliphatic heterocycles. The first-order valence-corrected chi connectivity index (χ1v) is 9.08. The van der Waals surface area contributed by atoms with Gasteiger partial charge in [-0.25, -0.2) is 0 Å². The summed E-state index contributed by atoms with van der Waals surface area (Å²) < 4.78 is 0. The van der Waals surface area contributed by atoms with Gasteiger partial charge in [-0.3, -0.25) is 0 Å². The van der Waals surface area contributed by atoms with Crippen LogP contribution < -0.4 is 5.32 Å². The van der Waals surface area contributed by atoms with Gasteiger partial charge in [-0.15, -0.1) is 0 Å². The first kappa shape index (κ1) is 14.7. The topological polar surface area (TPSA) is 12.0 Å². The van der Waals surface area contributed by atoms with E-state index in [1.165, 1.54) is 56.5 Å². The fraction of sp³-hybridized carbons (Fsp3) is 1.00. The molecule has 1 aliphatic carbocycles. The van der Waals surface area contributed by atoms with E-state index in [0.29, 0.717) is 5.41 Å². The second-order valence-electron chi connectivity index (χ2n) is 7.25. The molecule has 2 fully saturated rings. The molecule has 106 valence electrons. The van der Waals surface area contributed by atoms with E-state index in [4.69, 9.17) is 0 Å². The Hall–Kier alpha value is 0.310. The summed E-state index contributed by atoms with van der Waals surface area (Å²) in [5.74, 6) is 3.71. The lowest BCUT2D eigenvalue weighted by molar-refractivity contribution is 0.239. The fourth-order valence-electron chi connectivity index (χ4n) is 3.73. The monoisotopic (exact) mass is 269 g/mol. The Morgan fingerprint density at radius 1 is 1.11 bits per heavy atom. The predicted octanol–water partition coefficient (Wildman–Crippen LogP) is 4.47. The Morgan fingerprint density at radius 2 is 1.83 bits per heavy atom. The third-order valence-electron chi connectivity index (χ3n) is 4.63. The molecule has 0 aromatic carbocycles. The molecular formula is C16H31NS. The standard InChI is InChI=1S/C16H31NS/c1-4-5-13-6-8-14(9-7-13)17-15-10-16(2,3)12-18-11-15/h13-15,17H,4-12H2,1-3H3. The van der Waals surface area contributed by atoms with Crippen molar-refractivity contribution >= 4 is 11.8 Å². The van der Waals surface area contributed by atoms with Crippen LogP contribution in [-0.4, -0.2) is 23.6 Å². The van der Waals surface area contributed by atoms with Gasteiger partial charge in [0, 0.05) is 17.8 Å². The summed E-state index contributed by atoms with van der Waals surface area (Å²) in [4.78, 5) is 0. The lowest BCUT2D eigenvalue weighted by Gasteiger charge is -2.38. The Labute approximate surface area is 118 Å². The van der Waals surface area contributed by atoms with Gasteiger partial charge >= 0.3 is 0 Å².